The Bertz CT molecular complexity index is 1430. The zero-order chi connectivity index (χ0) is 26.5. The summed E-state index contributed by atoms with van der Waals surface area (Å²) >= 11 is 0. The molecule has 3 aromatic rings. The number of nitro benzene ring substituents is 1. The van der Waals surface area contributed by atoms with Gasteiger partial charge in [-0.05, 0) is 48.9 Å². The summed E-state index contributed by atoms with van der Waals surface area (Å²) in [4.78, 5) is 60.8. The summed E-state index contributed by atoms with van der Waals surface area (Å²) in [6.45, 7) is 1.72. The Hall–Kier alpha value is -5.32. The number of carbonyl (C=O) groups is 4. The lowest BCUT2D eigenvalue weighted by molar-refractivity contribution is -0.384. The maximum Gasteiger partial charge on any atom is 0.335 e. The van der Waals surface area contributed by atoms with Gasteiger partial charge in [-0.2, -0.15) is 0 Å². The molecule has 0 spiro atoms. The number of rotatable bonds is 7. The Labute approximate surface area is 210 Å². The number of nitro groups is 1. The number of barbiturate groups is 1. The van der Waals surface area contributed by atoms with Gasteiger partial charge < -0.3 is 10.1 Å². The Morgan fingerprint density at radius 2 is 1.76 bits per heavy atom. The first-order chi connectivity index (χ1) is 17.7. The van der Waals surface area contributed by atoms with Gasteiger partial charge in [0.1, 0.15) is 11.3 Å². The van der Waals surface area contributed by atoms with Crippen molar-refractivity contribution in [2.75, 3.05) is 16.8 Å². The van der Waals surface area contributed by atoms with Crippen molar-refractivity contribution in [3.8, 4) is 5.75 Å². The summed E-state index contributed by atoms with van der Waals surface area (Å²) < 4.78 is 5.48. The molecule has 1 aliphatic heterocycles. The zero-order valence-electron chi connectivity index (χ0n) is 19.5. The highest BCUT2D eigenvalue weighted by molar-refractivity contribution is 6.39. The number of hydrogen-bond donors (Lipinski definition) is 2. The lowest BCUT2D eigenvalue weighted by Gasteiger charge is -2.26. The zero-order valence-corrected chi connectivity index (χ0v) is 19.5. The number of anilines is 2. The third-order valence-corrected chi connectivity index (χ3v) is 5.30. The van der Waals surface area contributed by atoms with Crippen LogP contribution in [0.2, 0.25) is 0 Å². The van der Waals surface area contributed by atoms with Crippen molar-refractivity contribution in [3.63, 3.8) is 0 Å². The molecule has 1 saturated heterocycles. The van der Waals surface area contributed by atoms with Gasteiger partial charge in [0, 0.05) is 17.8 Å². The van der Waals surface area contributed by atoms with Crippen LogP contribution in [0.5, 0.6) is 5.75 Å². The molecule has 0 saturated carbocycles. The number of carbonyl (C=O) groups excluding carboxylic acids is 4. The van der Waals surface area contributed by atoms with E-state index in [1.165, 1.54) is 24.3 Å². The summed E-state index contributed by atoms with van der Waals surface area (Å²) in [5.41, 5.74) is 1.46. The number of urea groups is 1. The molecule has 37 heavy (non-hydrogen) atoms. The first-order valence-electron chi connectivity index (χ1n) is 11.0. The van der Waals surface area contributed by atoms with E-state index in [-0.39, 0.29) is 29.5 Å². The molecule has 0 aliphatic carbocycles. The first kappa shape index (κ1) is 24.8. The van der Waals surface area contributed by atoms with Gasteiger partial charge >= 0.3 is 6.03 Å². The second-order valence-corrected chi connectivity index (χ2v) is 8.01. The second-order valence-electron chi connectivity index (χ2n) is 8.01. The molecular formula is C26H20N4O7. The van der Waals surface area contributed by atoms with Gasteiger partial charge in [-0.1, -0.05) is 35.9 Å². The molecule has 11 nitrogen and oxygen atoms in total. The number of nitrogens with one attached hydrogen (secondary N) is 2. The number of amides is 5. The van der Waals surface area contributed by atoms with Crippen LogP contribution in [0.3, 0.4) is 0 Å². The summed E-state index contributed by atoms with van der Waals surface area (Å²) in [7, 11) is 0. The van der Waals surface area contributed by atoms with Crippen LogP contribution < -0.4 is 20.3 Å². The topological polar surface area (TPSA) is 148 Å². The lowest BCUT2D eigenvalue weighted by Crippen LogP contribution is -2.54. The minimum Gasteiger partial charge on any atom is -0.484 e. The number of aryl methyl sites for hydroxylation is 1. The van der Waals surface area contributed by atoms with E-state index >= 15 is 0 Å². The molecule has 0 aromatic heterocycles. The predicted molar refractivity (Wildman–Crippen MR) is 134 cm³/mol. The van der Waals surface area contributed by atoms with E-state index < -0.39 is 22.8 Å². The van der Waals surface area contributed by atoms with Crippen LogP contribution in [0, 0.1) is 17.0 Å². The summed E-state index contributed by atoms with van der Waals surface area (Å²) in [6.07, 6.45) is 1.28. The van der Waals surface area contributed by atoms with Crippen LogP contribution in [-0.2, 0) is 14.4 Å². The van der Waals surface area contributed by atoms with Crippen LogP contribution in [-0.4, -0.2) is 35.3 Å². The molecule has 5 amide bonds. The fraction of sp³-hybridized carbons (Fsp3) is 0.0769. The summed E-state index contributed by atoms with van der Waals surface area (Å²) in [5, 5.41) is 15.8. The predicted octanol–water partition coefficient (Wildman–Crippen LogP) is 3.59. The third kappa shape index (κ3) is 5.85. The fourth-order valence-corrected chi connectivity index (χ4v) is 3.45. The van der Waals surface area contributed by atoms with Gasteiger partial charge in [0.15, 0.2) is 6.61 Å². The lowest BCUT2D eigenvalue weighted by atomic mass is 10.1. The van der Waals surface area contributed by atoms with Gasteiger partial charge in [0.25, 0.3) is 23.4 Å². The largest absolute Gasteiger partial charge is 0.484 e. The van der Waals surface area contributed by atoms with Gasteiger partial charge in [-0.3, -0.25) is 29.8 Å². The first-order valence-corrected chi connectivity index (χ1v) is 11.0. The highest BCUT2D eigenvalue weighted by Crippen LogP contribution is 2.26. The van der Waals surface area contributed by atoms with Crippen molar-refractivity contribution >= 4 is 46.9 Å². The van der Waals surface area contributed by atoms with Crippen LogP contribution in [0.4, 0.5) is 21.9 Å². The van der Waals surface area contributed by atoms with E-state index in [0.717, 1.165) is 11.6 Å². The smallest absolute Gasteiger partial charge is 0.335 e. The quantitative estimate of drug-likeness (QED) is 0.218. The molecule has 1 heterocycles. The van der Waals surface area contributed by atoms with Crippen LogP contribution >= 0.6 is 0 Å². The van der Waals surface area contributed by atoms with Gasteiger partial charge in [-0.25, -0.2) is 9.69 Å². The maximum atomic E-state index is 13.0. The van der Waals surface area contributed by atoms with Crippen molar-refractivity contribution in [1.29, 1.82) is 0 Å². The molecular weight excluding hydrogens is 480 g/mol. The molecule has 4 rings (SSSR count). The number of benzene rings is 3. The fourth-order valence-electron chi connectivity index (χ4n) is 3.45. The molecule has 11 heteroatoms. The Kier molecular flexibility index (Phi) is 7.05. The van der Waals surface area contributed by atoms with Crippen molar-refractivity contribution in [3.05, 3.63) is 99.6 Å². The Morgan fingerprint density at radius 3 is 2.43 bits per heavy atom. The molecule has 0 radical (unpaired) electrons. The monoisotopic (exact) mass is 500 g/mol. The minimum atomic E-state index is -1.01. The van der Waals surface area contributed by atoms with Crippen LogP contribution in [0.1, 0.15) is 11.1 Å². The average molecular weight is 500 g/mol. The summed E-state index contributed by atoms with van der Waals surface area (Å²) in [5.74, 6) is -1.79. The van der Waals surface area contributed by atoms with Crippen molar-refractivity contribution in [1.82, 2.24) is 5.32 Å². The Morgan fingerprint density at radius 1 is 1.05 bits per heavy atom. The number of imide groups is 2. The van der Waals surface area contributed by atoms with Crippen molar-refractivity contribution in [2.45, 2.75) is 6.92 Å². The molecule has 1 fully saturated rings. The number of hydrogen-bond acceptors (Lipinski definition) is 7. The van der Waals surface area contributed by atoms with Crippen LogP contribution in [0.25, 0.3) is 6.08 Å². The Balaban J connectivity index is 1.45. The van der Waals surface area contributed by atoms with Gasteiger partial charge in [-0.15, -0.1) is 0 Å². The standard InChI is InChI=1S/C26H20N4O7/c1-16-5-9-18(10-6-16)27-23(31)15-37-21-11-7-17(8-12-21)13-22-24(32)28-26(34)29(25(22)33)19-3-2-4-20(14-19)30(35)36/h2-14H,15H2,1H3,(H,27,31)(H,28,32,34)/b22-13+. The minimum absolute atomic E-state index is 0.0530. The van der Waals surface area contributed by atoms with E-state index in [0.29, 0.717) is 21.9 Å². The van der Waals surface area contributed by atoms with E-state index in [2.05, 4.69) is 10.6 Å². The second kappa shape index (κ2) is 10.5. The summed E-state index contributed by atoms with van der Waals surface area (Å²) in [6, 6.07) is 17.5. The van der Waals surface area contributed by atoms with E-state index in [1.54, 1.807) is 36.4 Å². The molecule has 3 aromatic carbocycles. The van der Waals surface area contributed by atoms with Crippen molar-refractivity contribution in [2.24, 2.45) is 0 Å². The molecule has 0 atom stereocenters. The number of nitrogens with zero attached hydrogens (tertiary/aromatic N) is 2. The van der Waals surface area contributed by atoms with Gasteiger partial charge in [0.2, 0.25) is 0 Å². The molecule has 1 aliphatic rings. The normalized spacial score (nSPS) is 14.4. The van der Waals surface area contributed by atoms with E-state index in [4.69, 9.17) is 4.74 Å². The average Bonchev–Trinajstić information content (AvgIpc) is 2.87. The number of non-ortho nitro benzene ring substituents is 1. The SMILES string of the molecule is Cc1ccc(NC(=O)COc2ccc(/C=C3\C(=O)NC(=O)N(c4cccc([N+](=O)[O-])c4)C3=O)cc2)cc1. The van der Waals surface area contributed by atoms with Crippen molar-refractivity contribution < 1.29 is 28.8 Å². The van der Waals surface area contributed by atoms with Gasteiger partial charge in [0.05, 0.1) is 10.6 Å². The molecule has 2 N–H and O–H groups in total. The third-order valence-electron chi connectivity index (χ3n) is 5.30. The van der Waals surface area contributed by atoms with Crippen LogP contribution in [0.15, 0.2) is 78.4 Å². The highest BCUT2D eigenvalue weighted by atomic mass is 16.6. The van der Waals surface area contributed by atoms with E-state index in [9.17, 15) is 29.3 Å². The molecule has 0 unspecified atom stereocenters. The van der Waals surface area contributed by atoms with E-state index in [1.807, 2.05) is 19.1 Å². The number of ether oxygens (including phenoxy) is 1. The maximum absolute atomic E-state index is 13.0. The molecule has 0 bridgehead atoms. The highest BCUT2D eigenvalue weighted by Gasteiger charge is 2.37. The molecule has 186 valence electrons.